The van der Waals surface area contributed by atoms with Gasteiger partial charge < -0.3 is 15.4 Å². The normalized spacial score (nSPS) is 10.7. The van der Waals surface area contributed by atoms with Gasteiger partial charge >= 0.3 is 5.97 Å². The molecule has 0 aliphatic rings. The standard InChI is InChI=1S/C18H17N3O3/c1-11-6-7-14-15(10-11)21-18(20-14)12-4-2-3-5-13(12)19-16(22)8-9-17(23)24/h2-7,10H,8-9H2,1H3,(H,19,22)(H,20,21)(H,23,24). The number of benzene rings is 2. The van der Waals surface area contributed by atoms with Gasteiger partial charge in [0.05, 0.1) is 23.1 Å². The van der Waals surface area contributed by atoms with Crippen molar-refractivity contribution in [3.8, 4) is 11.4 Å². The number of rotatable bonds is 5. The molecule has 24 heavy (non-hydrogen) atoms. The highest BCUT2D eigenvalue weighted by Gasteiger charge is 2.12. The predicted molar refractivity (Wildman–Crippen MR) is 91.8 cm³/mol. The first-order chi connectivity index (χ1) is 11.5. The van der Waals surface area contributed by atoms with Gasteiger partial charge in [-0.05, 0) is 36.8 Å². The van der Waals surface area contributed by atoms with Crippen molar-refractivity contribution in [1.82, 2.24) is 9.97 Å². The topological polar surface area (TPSA) is 95.1 Å². The van der Waals surface area contributed by atoms with Crippen LogP contribution in [0.1, 0.15) is 18.4 Å². The summed E-state index contributed by atoms with van der Waals surface area (Å²) in [5.74, 6) is -0.673. The number of aromatic nitrogens is 2. The highest BCUT2D eigenvalue weighted by molar-refractivity contribution is 5.96. The summed E-state index contributed by atoms with van der Waals surface area (Å²) in [6.45, 7) is 2.01. The summed E-state index contributed by atoms with van der Waals surface area (Å²) in [5, 5.41) is 11.4. The van der Waals surface area contributed by atoms with E-state index in [1.165, 1.54) is 0 Å². The first-order valence-corrected chi connectivity index (χ1v) is 7.60. The zero-order chi connectivity index (χ0) is 17.1. The van der Waals surface area contributed by atoms with Gasteiger partial charge in [-0.25, -0.2) is 4.98 Å². The van der Waals surface area contributed by atoms with Gasteiger partial charge in [0.2, 0.25) is 5.91 Å². The van der Waals surface area contributed by atoms with Crippen molar-refractivity contribution in [1.29, 1.82) is 0 Å². The van der Waals surface area contributed by atoms with Crippen molar-refractivity contribution in [3.63, 3.8) is 0 Å². The van der Waals surface area contributed by atoms with Crippen molar-refractivity contribution in [2.45, 2.75) is 19.8 Å². The number of carbonyl (C=O) groups is 2. The van der Waals surface area contributed by atoms with Crippen molar-refractivity contribution in [2.24, 2.45) is 0 Å². The number of H-pyrrole nitrogens is 1. The number of aliphatic carboxylic acids is 1. The van der Waals surface area contributed by atoms with E-state index in [4.69, 9.17) is 5.11 Å². The fraction of sp³-hybridized carbons (Fsp3) is 0.167. The number of imidazole rings is 1. The maximum Gasteiger partial charge on any atom is 0.303 e. The molecule has 2 aromatic carbocycles. The lowest BCUT2D eigenvalue weighted by molar-refractivity contribution is -0.138. The van der Waals surface area contributed by atoms with Crippen LogP contribution < -0.4 is 5.32 Å². The maximum absolute atomic E-state index is 11.9. The van der Waals surface area contributed by atoms with Gasteiger partial charge in [-0.2, -0.15) is 0 Å². The second kappa shape index (κ2) is 6.54. The van der Waals surface area contributed by atoms with Crippen molar-refractivity contribution >= 4 is 28.6 Å². The lowest BCUT2D eigenvalue weighted by Gasteiger charge is -2.08. The van der Waals surface area contributed by atoms with Crippen LogP contribution >= 0.6 is 0 Å². The van der Waals surface area contributed by atoms with Crippen molar-refractivity contribution in [3.05, 3.63) is 48.0 Å². The molecule has 0 saturated heterocycles. The van der Waals surface area contributed by atoms with Gasteiger partial charge in [-0.3, -0.25) is 9.59 Å². The second-order valence-corrected chi connectivity index (χ2v) is 5.59. The number of carboxylic acids is 1. The SMILES string of the molecule is Cc1ccc2nc(-c3ccccc3NC(=O)CCC(=O)O)[nH]c2c1. The van der Waals surface area contributed by atoms with Crippen LogP contribution in [0.4, 0.5) is 5.69 Å². The first kappa shape index (κ1) is 15.7. The summed E-state index contributed by atoms with van der Waals surface area (Å²) < 4.78 is 0. The molecule has 1 heterocycles. The number of anilines is 1. The number of hydrogen-bond acceptors (Lipinski definition) is 3. The minimum Gasteiger partial charge on any atom is -0.481 e. The van der Waals surface area contributed by atoms with Crippen LogP contribution in [-0.2, 0) is 9.59 Å². The van der Waals surface area contributed by atoms with Crippen LogP contribution in [-0.4, -0.2) is 27.0 Å². The van der Waals surface area contributed by atoms with E-state index in [1.54, 1.807) is 6.07 Å². The summed E-state index contributed by atoms with van der Waals surface area (Å²) in [4.78, 5) is 30.3. The molecule has 3 N–H and O–H groups in total. The van der Waals surface area contributed by atoms with Gasteiger partial charge in [0.1, 0.15) is 5.82 Å². The molecule has 0 radical (unpaired) electrons. The number of hydrogen-bond donors (Lipinski definition) is 3. The number of carboxylic acid groups (broad SMARTS) is 1. The highest BCUT2D eigenvalue weighted by atomic mass is 16.4. The molecule has 1 amide bonds. The van der Waals surface area contributed by atoms with Gasteiger partial charge in [0.15, 0.2) is 0 Å². The molecule has 0 bridgehead atoms. The Morgan fingerprint density at radius 1 is 1.17 bits per heavy atom. The monoisotopic (exact) mass is 323 g/mol. The fourth-order valence-corrected chi connectivity index (χ4v) is 2.48. The summed E-state index contributed by atoms with van der Waals surface area (Å²) in [7, 11) is 0. The average molecular weight is 323 g/mol. The van der Waals surface area contributed by atoms with E-state index in [-0.39, 0.29) is 18.7 Å². The molecule has 3 rings (SSSR count). The summed E-state index contributed by atoms with van der Waals surface area (Å²) in [6, 6.07) is 13.2. The number of nitrogens with one attached hydrogen (secondary N) is 2. The molecule has 0 aliphatic heterocycles. The third kappa shape index (κ3) is 3.43. The van der Waals surface area contributed by atoms with E-state index < -0.39 is 5.97 Å². The zero-order valence-electron chi connectivity index (χ0n) is 13.2. The molecule has 6 nitrogen and oxygen atoms in total. The summed E-state index contributed by atoms with van der Waals surface area (Å²) in [5.41, 5.74) is 4.27. The molecule has 6 heteroatoms. The summed E-state index contributed by atoms with van der Waals surface area (Å²) >= 11 is 0. The average Bonchev–Trinajstić information content (AvgIpc) is 2.96. The number of carbonyl (C=O) groups excluding carboxylic acids is 1. The van der Waals surface area contributed by atoms with Crippen LogP contribution in [0.3, 0.4) is 0 Å². The minimum absolute atomic E-state index is 0.0665. The first-order valence-electron chi connectivity index (χ1n) is 7.60. The Bertz CT molecular complexity index is 915. The zero-order valence-corrected chi connectivity index (χ0v) is 13.2. The molecule has 0 unspecified atom stereocenters. The molecule has 0 aliphatic carbocycles. The minimum atomic E-state index is -0.994. The molecule has 3 aromatic rings. The van der Waals surface area contributed by atoms with Gasteiger partial charge in [0, 0.05) is 12.0 Å². The molecule has 0 atom stereocenters. The Morgan fingerprint density at radius 2 is 1.96 bits per heavy atom. The van der Waals surface area contributed by atoms with E-state index in [0.29, 0.717) is 11.5 Å². The maximum atomic E-state index is 11.9. The number of aromatic amines is 1. The number of fused-ring (bicyclic) bond motifs is 1. The van der Waals surface area contributed by atoms with E-state index >= 15 is 0 Å². The quantitative estimate of drug-likeness (QED) is 0.671. The Morgan fingerprint density at radius 3 is 2.75 bits per heavy atom. The third-order valence-electron chi connectivity index (χ3n) is 3.66. The number of para-hydroxylation sites is 1. The van der Waals surface area contributed by atoms with E-state index in [1.807, 2.05) is 43.3 Å². The number of aryl methyl sites for hydroxylation is 1. The second-order valence-electron chi connectivity index (χ2n) is 5.59. The third-order valence-corrected chi connectivity index (χ3v) is 3.66. The molecule has 1 aromatic heterocycles. The molecule has 0 saturated carbocycles. The number of nitrogens with zero attached hydrogens (tertiary/aromatic N) is 1. The summed E-state index contributed by atoms with van der Waals surface area (Å²) in [6.07, 6.45) is -0.263. The largest absolute Gasteiger partial charge is 0.481 e. The van der Waals surface area contributed by atoms with E-state index in [0.717, 1.165) is 22.2 Å². The Kier molecular flexibility index (Phi) is 4.29. The van der Waals surface area contributed by atoms with Crippen LogP contribution in [0.2, 0.25) is 0 Å². The van der Waals surface area contributed by atoms with Crippen LogP contribution in [0.15, 0.2) is 42.5 Å². The van der Waals surface area contributed by atoms with Crippen molar-refractivity contribution in [2.75, 3.05) is 5.32 Å². The fourth-order valence-electron chi connectivity index (χ4n) is 2.48. The van der Waals surface area contributed by atoms with Gasteiger partial charge in [-0.1, -0.05) is 18.2 Å². The lowest BCUT2D eigenvalue weighted by atomic mass is 10.1. The molecular formula is C18H17N3O3. The molecular weight excluding hydrogens is 306 g/mol. The van der Waals surface area contributed by atoms with Gasteiger partial charge in [0.25, 0.3) is 0 Å². The van der Waals surface area contributed by atoms with Crippen LogP contribution in [0.25, 0.3) is 22.4 Å². The van der Waals surface area contributed by atoms with Crippen molar-refractivity contribution < 1.29 is 14.7 Å². The smallest absolute Gasteiger partial charge is 0.303 e. The van der Waals surface area contributed by atoms with E-state index in [9.17, 15) is 9.59 Å². The Hall–Kier alpha value is -3.15. The molecule has 0 fully saturated rings. The highest BCUT2D eigenvalue weighted by Crippen LogP contribution is 2.28. The van der Waals surface area contributed by atoms with Crippen LogP contribution in [0.5, 0.6) is 0 Å². The number of amides is 1. The molecule has 0 spiro atoms. The van der Waals surface area contributed by atoms with Gasteiger partial charge in [-0.15, -0.1) is 0 Å². The predicted octanol–water partition coefficient (Wildman–Crippen LogP) is 3.34. The Labute approximate surface area is 138 Å². The lowest BCUT2D eigenvalue weighted by Crippen LogP contribution is -2.13. The molecule has 122 valence electrons. The van der Waals surface area contributed by atoms with E-state index in [2.05, 4.69) is 15.3 Å². The van der Waals surface area contributed by atoms with Crippen LogP contribution in [0, 0.1) is 6.92 Å². The Balaban J connectivity index is 1.90.